The van der Waals surface area contributed by atoms with Gasteiger partial charge in [-0.2, -0.15) is 0 Å². The van der Waals surface area contributed by atoms with Crippen LogP contribution in [0.4, 0.5) is 0 Å². The predicted molar refractivity (Wildman–Crippen MR) is 200 cm³/mol. The molecule has 1 amide bonds. The lowest BCUT2D eigenvalue weighted by atomic mass is 9.90. The van der Waals surface area contributed by atoms with Gasteiger partial charge in [-0.3, -0.25) is 9.59 Å². The molecule has 0 saturated heterocycles. The maximum atomic E-state index is 11.8. The summed E-state index contributed by atoms with van der Waals surface area (Å²) in [6.07, 6.45) is 25.2. The standard InChI is InChI=1S/C24H30N2O2S.C13H26.C3H8/c1-7-10-12-22(17(4)11-8-2)21(9-3)23-15-29-24(26-23)18(5)13-20(19(6)28)14-25-16-27;1-4-11(3)6-7-12(5-2)10-13-8-9-13;1-3-2/h7,9-10,12-16H,1,8,11H2,2-6H3,(H,25,27);11-13H,4-10H2,1-3H3;3H2,1-2H3/b12-10-,18-13+,20-14+,21-9+,22-17-;;. The van der Waals surface area contributed by atoms with Crippen molar-refractivity contribution in [3.63, 3.8) is 0 Å². The summed E-state index contributed by atoms with van der Waals surface area (Å²) in [5, 5.41) is 5.28. The Kier molecular flexibility index (Phi) is 23.8. The van der Waals surface area contributed by atoms with Crippen LogP contribution in [-0.4, -0.2) is 17.2 Å². The molecule has 2 atom stereocenters. The average molecular weight is 637 g/mol. The van der Waals surface area contributed by atoms with Crippen molar-refractivity contribution in [3.8, 4) is 0 Å². The van der Waals surface area contributed by atoms with Gasteiger partial charge in [0, 0.05) is 22.7 Å². The van der Waals surface area contributed by atoms with Gasteiger partial charge in [-0.1, -0.05) is 129 Å². The number of amides is 1. The van der Waals surface area contributed by atoms with Crippen LogP contribution >= 0.6 is 11.3 Å². The fourth-order valence-electron chi connectivity index (χ4n) is 4.86. The number of carbonyl (C=O) groups is 2. The Balaban J connectivity index is 0.000000997. The molecule has 0 bridgehead atoms. The molecule has 1 N–H and O–H groups in total. The number of aromatic nitrogens is 1. The SMILES string of the molecule is C=C\C=C/C(=C(\C)CCC)C(=C\C)/c1csc(/C(C)=C/C(=C\NC=O)C(C)=O)n1.CCC.CCC(C)CCC(CC)CC1CC1. The van der Waals surface area contributed by atoms with Gasteiger partial charge in [0.25, 0.3) is 0 Å². The largest absolute Gasteiger partial charge is 0.335 e. The monoisotopic (exact) mass is 636 g/mol. The number of hydrogen-bond donors (Lipinski definition) is 1. The first-order valence-corrected chi connectivity index (χ1v) is 18.2. The van der Waals surface area contributed by atoms with Crippen LogP contribution in [0.25, 0.3) is 11.1 Å². The van der Waals surface area contributed by atoms with E-state index in [4.69, 9.17) is 4.98 Å². The Labute approximate surface area is 281 Å². The molecule has 0 aliphatic heterocycles. The van der Waals surface area contributed by atoms with Gasteiger partial charge in [-0.25, -0.2) is 4.98 Å². The number of carbonyl (C=O) groups excluding carboxylic acids is 2. The molecule has 45 heavy (non-hydrogen) atoms. The molecule has 2 rings (SSSR count). The molecule has 1 aliphatic carbocycles. The number of rotatable bonds is 18. The first-order chi connectivity index (χ1) is 21.6. The van der Waals surface area contributed by atoms with Crippen LogP contribution in [0.3, 0.4) is 0 Å². The third-order valence-electron chi connectivity index (χ3n) is 7.97. The molecule has 5 heteroatoms. The van der Waals surface area contributed by atoms with Crippen molar-refractivity contribution in [2.24, 2.45) is 17.8 Å². The third kappa shape index (κ3) is 18.1. The second-order valence-electron chi connectivity index (χ2n) is 12.3. The molecular weight excluding hydrogens is 573 g/mol. The zero-order chi connectivity index (χ0) is 34.2. The van der Waals surface area contributed by atoms with Crippen molar-refractivity contribution in [2.75, 3.05) is 0 Å². The molecular formula is C40H64N2O2S. The van der Waals surface area contributed by atoms with Gasteiger partial charge >= 0.3 is 0 Å². The van der Waals surface area contributed by atoms with Crippen LogP contribution in [-0.2, 0) is 9.59 Å². The maximum Gasteiger partial charge on any atom is 0.211 e. The van der Waals surface area contributed by atoms with E-state index >= 15 is 0 Å². The lowest BCUT2D eigenvalue weighted by Gasteiger charge is -2.16. The average Bonchev–Trinajstić information content (AvgIpc) is 3.71. The Hall–Kier alpha value is -2.79. The summed E-state index contributed by atoms with van der Waals surface area (Å²) in [6, 6.07) is 0. The lowest BCUT2D eigenvalue weighted by Crippen LogP contribution is -2.05. The molecule has 0 aromatic carbocycles. The van der Waals surface area contributed by atoms with E-state index in [2.05, 4.69) is 72.5 Å². The molecule has 4 nitrogen and oxygen atoms in total. The molecule has 0 radical (unpaired) electrons. The van der Waals surface area contributed by atoms with Gasteiger partial charge in [0.2, 0.25) is 6.41 Å². The van der Waals surface area contributed by atoms with Crippen molar-refractivity contribution < 1.29 is 9.59 Å². The summed E-state index contributed by atoms with van der Waals surface area (Å²) in [7, 11) is 0. The van der Waals surface area contributed by atoms with Crippen LogP contribution in [0.15, 0.2) is 65.3 Å². The minimum Gasteiger partial charge on any atom is -0.335 e. The number of thiazole rings is 1. The fraction of sp³-hybridized carbons (Fsp3) is 0.575. The number of allylic oxidation sites excluding steroid dienone is 10. The van der Waals surface area contributed by atoms with E-state index in [0.717, 1.165) is 58.0 Å². The van der Waals surface area contributed by atoms with Crippen molar-refractivity contribution in [1.29, 1.82) is 0 Å². The van der Waals surface area contributed by atoms with Crippen LogP contribution in [0, 0.1) is 17.8 Å². The number of nitrogens with one attached hydrogen (secondary N) is 1. The highest BCUT2D eigenvalue weighted by molar-refractivity contribution is 7.10. The summed E-state index contributed by atoms with van der Waals surface area (Å²) >= 11 is 1.53. The normalized spacial score (nSPS) is 15.6. The molecule has 2 unspecified atom stereocenters. The van der Waals surface area contributed by atoms with Gasteiger partial charge in [0.05, 0.1) is 5.69 Å². The van der Waals surface area contributed by atoms with Crippen LogP contribution in [0.2, 0.25) is 0 Å². The zero-order valence-corrected chi connectivity index (χ0v) is 31.1. The van der Waals surface area contributed by atoms with Crippen molar-refractivity contribution in [2.45, 2.75) is 133 Å². The Morgan fingerprint density at radius 3 is 2.27 bits per heavy atom. The molecule has 1 saturated carbocycles. The van der Waals surface area contributed by atoms with Gasteiger partial charge in [0.1, 0.15) is 5.01 Å². The molecule has 1 heterocycles. The maximum absolute atomic E-state index is 11.8. The first kappa shape index (κ1) is 42.2. The summed E-state index contributed by atoms with van der Waals surface area (Å²) in [5.41, 5.74) is 5.73. The fourth-order valence-corrected chi connectivity index (χ4v) is 5.66. The van der Waals surface area contributed by atoms with E-state index in [-0.39, 0.29) is 5.78 Å². The smallest absolute Gasteiger partial charge is 0.211 e. The number of nitrogens with zero attached hydrogens (tertiary/aromatic N) is 1. The van der Waals surface area contributed by atoms with Gasteiger partial charge in [0.15, 0.2) is 5.78 Å². The van der Waals surface area contributed by atoms with Gasteiger partial charge in [-0.15, -0.1) is 11.3 Å². The molecule has 1 aromatic rings. The second kappa shape index (κ2) is 25.4. The topological polar surface area (TPSA) is 59.1 Å². The van der Waals surface area contributed by atoms with E-state index in [9.17, 15) is 9.59 Å². The van der Waals surface area contributed by atoms with E-state index in [0.29, 0.717) is 12.0 Å². The van der Waals surface area contributed by atoms with Gasteiger partial charge in [-0.05, 0) is 75.5 Å². The number of Topliss-reactive ketones (excluding diaryl/α,β-unsaturated/α-hetero) is 1. The number of ketones is 1. The first-order valence-electron chi connectivity index (χ1n) is 17.3. The Bertz CT molecular complexity index is 1160. The number of hydrogen-bond acceptors (Lipinski definition) is 4. The second-order valence-corrected chi connectivity index (χ2v) is 13.2. The lowest BCUT2D eigenvalue weighted by molar-refractivity contribution is -0.113. The van der Waals surface area contributed by atoms with Crippen molar-refractivity contribution in [3.05, 3.63) is 76.0 Å². The van der Waals surface area contributed by atoms with E-state index in [1.165, 1.54) is 81.4 Å². The molecule has 0 spiro atoms. The molecule has 1 fully saturated rings. The summed E-state index contributed by atoms with van der Waals surface area (Å²) in [4.78, 5) is 27.1. The Morgan fingerprint density at radius 1 is 1.11 bits per heavy atom. The minimum atomic E-state index is -0.125. The van der Waals surface area contributed by atoms with Crippen LogP contribution in [0.5, 0.6) is 0 Å². The van der Waals surface area contributed by atoms with E-state index < -0.39 is 0 Å². The van der Waals surface area contributed by atoms with E-state index in [1.54, 1.807) is 12.2 Å². The summed E-state index contributed by atoms with van der Waals surface area (Å²) in [6.45, 7) is 24.8. The van der Waals surface area contributed by atoms with Crippen LogP contribution < -0.4 is 5.32 Å². The summed E-state index contributed by atoms with van der Waals surface area (Å²) < 4.78 is 0. The molecule has 1 aromatic heterocycles. The Morgan fingerprint density at radius 2 is 1.78 bits per heavy atom. The predicted octanol–water partition coefficient (Wildman–Crippen LogP) is 12.1. The van der Waals surface area contributed by atoms with E-state index in [1.807, 2.05) is 25.3 Å². The van der Waals surface area contributed by atoms with Crippen molar-refractivity contribution in [1.82, 2.24) is 10.3 Å². The highest BCUT2D eigenvalue weighted by Gasteiger charge is 2.24. The molecule has 252 valence electrons. The highest BCUT2D eigenvalue weighted by atomic mass is 32.1. The third-order valence-corrected chi connectivity index (χ3v) is 8.95. The van der Waals surface area contributed by atoms with Gasteiger partial charge < -0.3 is 5.32 Å². The highest BCUT2D eigenvalue weighted by Crippen LogP contribution is 2.38. The van der Waals surface area contributed by atoms with Crippen LogP contribution in [0.1, 0.15) is 144 Å². The minimum absolute atomic E-state index is 0.125. The zero-order valence-electron chi connectivity index (χ0n) is 30.3. The summed E-state index contributed by atoms with van der Waals surface area (Å²) in [5.74, 6) is 3.00. The molecule has 1 aliphatic rings. The van der Waals surface area contributed by atoms with Crippen molar-refractivity contribution >= 4 is 34.7 Å². The quantitative estimate of drug-likeness (QED) is 0.0990.